The third kappa shape index (κ3) is 3.85. The Hall–Kier alpha value is -1.97. The van der Waals surface area contributed by atoms with Gasteiger partial charge in [-0.25, -0.2) is 9.78 Å². The van der Waals surface area contributed by atoms with Crippen LogP contribution >= 0.6 is 0 Å². The molecule has 150 valence electrons. The standard InChI is InChI=1S/C18H29N5O4/c1-6-26-8-7-23-14(11-22-9-12(2)27-13(3)10-22)19-16-15(23)17(24)21(5)18(25)20(16)4/h12-13H,6-11H2,1-5H3/t12-,13-/m1/s1. The molecule has 2 aromatic rings. The highest BCUT2D eigenvalue weighted by molar-refractivity contribution is 5.71. The van der Waals surface area contributed by atoms with E-state index in [1.807, 2.05) is 11.5 Å². The van der Waals surface area contributed by atoms with Crippen LogP contribution < -0.4 is 11.2 Å². The Balaban J connectivity index is 2.06. The SMILES string of the molecule is CCOCCn1c(CN2C[C@@H](C)O[C@H](C)C2)nc2c1c(=O)n(C)c(=O)n2C. The Morgan fingerprint density at radius 2 is 1.81 bits per heavy atom. The minimum Gasteiger partial charge on any atom is -0.380 e. The van der Waals surface area contributed by atoms with Crippen LogP contribution in [0.2, 0.25) is 0 Å². The minimum atomic E-state index is -0.373. The Labute approximate surface area is 158 Å². The molecule has 27 heavy (non-hydrogen) atoms. The molecule has 2 atom stereocenters. The van der Waals surface area contributed by atoms with Gasteiger partial charge in [-0.15, -0.1) is 0 Å². The van der Waals surface area contributed by atoms with Crippen LogP contribution in [0.25, 0.3) is 11.2 Å². The van der Waals surface area contributed by atoms with E-state index < -0.39 is 0 Å². The molecule has 0 aliphatic carbocycles. The molecule has 1 fully saturated rings. The van der Waals surface area contributed by atoms with Gasteiger partial charge in [0, 0.05) is 40.3 Å². The number of hydrogen-bond donors (Lipinski definition) is 0. The highest BCUT2D eigenvalue weighted by Crippen LogP contribution is 2.17. The molecule has 0 unspecified atom stereocenters. The van der Waals surface area contributed by atoms with Crippen LogP contribution in [0.1, 0.15) is 26.6 Å². The van der Waals surface area contributed by atoms with E-state index >= 15 is 0 Å². The Morgan fingerprint density at radius 3 is 2.44 bits per heavy atom. The zero-order valence-corrected chi connectivity index (χ0v) is 16.8. The maximum Gasteiger partial charge on any atom is 0.332 e. The quantitative estimate of drug-likeness (QED) is 0.661. The van der Waals surface area contributed by atoms with Crippen molar-refractivity contribution in [2.75, 3.05) is 26.3 Å². The monoisotopic (exact) mass is 379 g/mol. The zero-order valence-electron chi connectivity index (χ0n) is 16.8. The highest BCUT2D eigenvalue weighted by Gasteiger charge is 2.25. The second-order valence-electron chi connectivity index (χ2n) is 7.21. The lowest BCUT2D eigenvalue weighted by atomic mass is 10.2. The van der Waals surface area contributed by atoms with Crippen LogP contribution in [-0.4, -0.2) is 62.1 Å². The summed E-state index contributed by atoms with van der Waals surface area (Å²) in [4.78, 5) is 32.0. The van der Waals surface area contributed by atoms with E-state index in [-0.39, 0.29) is 23.5 Å². The largest absolute Gasteiger partial charge is 0.380 e. The molecule has 0 amide bonds. The summed E-state index contributed by atoms with van der Waals surface area (Å²) in [6.07, 6.45) is 0.291. The van der Waals surface area contributed by atoms with Gasteiger partial charge in [0.2, 0.25) is 0 Å². The van der Waals surface area contributed by atoms with E-state index in [1.165, 1.54) is 11.6 Å². The third-order valence-corrected chi connectivity index (χ3v) is 4.95. The van der Waals surface area contributed by atoms with Gasteiger partial charge in [-0.2, -0.15) is 0 Å². The van der Waals surface area contributed by atoms with Gasteiger partial charge < -0.3 is 14.0 Å². The van der Waals surface area contributed by atoms with Crippen molar-refractivity contribution in [1.82, 2.24) is 23.6 Å². The van der Waals surface area contributed by atoms with E-state index in [9.17, 15) is 9.59 Å². The topological polar surface area (TPSA) is 83.5 Å². The van der Waals surface area contributed by atoms with Crippen molar-refractivity contribution < 1.29 is 9.47 Å². The van der Waals surface area contributed by atoms with Crippen molar-refractivity contribution >= 4 is 11.2 Å². The summed E-state index contributed by atoms with van der Waals surface area (Å²) in [5.74, 6) is 0.768. The first-order valence-electron chi connectivity index (χ1n) is 9.44. The first-order valence-corrected chi connectivity index (χ1v) is 9.44. The van der Waals surface area contributed by atoms with Crippen molar-refractivity contribution in [3.8, 4) is 0 Å². The van der Waals surface area contributed by atoms with E-state index in [4.69, 9.17) is 9.47 Å². The fraction of sp³-hybridized carbons (Fsp3) is 0.722. The van der Waals surface area contributed by atoms with Crippen molar-refractivity contribution in [2.24, 2.45) is 14.1 Å². The highest BCUT2D eigenvalue weighted by atomic mass is 16.5. The molecule has 2 aromatic heterocycles. The van der Waals surface area contributed by atoms with Gasteiger partial charge >= 0.3 is 5.69 Å². The number of rotatable bonds is 6. The van der Waals surface area contributed by atoms with E-state index in [2.05, 4.69) is 23.7 Å². The van der Waals surface area contributed by atoms with Gasteiger partial charge in [-0.3, -0.25) is 18.8 Å². The molecule has 3 rings (SSSR count). The van der Waals surface area contributed by atoms with Gasteiger partial charge in [0.05, 0.1) is 25.4 Å². The van der Waals surface area contributed by atoms with Crippen LogP contribution in [0, 0.1) is 0 Å². The molecular weight excluding hydrogens is 350 g/mol. The van der Waals surface area contributed by atoms with Crippen LogP contribution in [0.15, 0.2) is 9.59 Å². The van der Waals surface area contributed by atoms with Crippen LogP contribution in [0.5, 0.6) is 0 Å². The lowest BCUT2D eigenvalue weighted by molar-refractivity contribution is -0.0713. The minimum absolute atomic E-state index is 0.146. The summed E-state index contributed by atoms with van der Waals surface area (Å²) in [7, 11) is 3.14. The summed E-state index contributed by atoms with van der Waals surface area (Å²) in [6.45, 7) is 9.85. The number of aryl methyl sites for hydroxylation is 1. The fourth-order valence-electron chi connectivity index (χ4n) is 3.77. The molecule has 0 aromatic carbocycles. The molecule has 1 aliphatic rings. The lowest BCUT2D eigenvalue weighted by Crippen LogP contribution is -2.45. The zero-order chi connectivity index (χ0) is 19.7. The van der Waals surface area contributed by atoms with Crippen molar-refractivity contribution in [3.05, 3.63) is 26.7 Å². The summed E-state index contributed by atoms with van der Waals surface area (Å²) >= 11 is 0. The average molecular weight is 379 g/mol. The summed E-state index contributed by atoms with van der Waals surface area (Å²) in [6, 6.07) is 0. The van der Waals surface area contributed by atoms with Crippen molar-refractivity contribution in [1.29, 1.82) is 0 Å². The normalized spacial score (nSPS) is 21.2. The predicted molar refractivity (Wildman–Crippen MR) is 102 cm³/mol. The van der Waals surface area contributed by atoms with Gasteiger partial charge in [-0.1, -0.05) is 0 Å². The summed E-state index contributed by atoms with van der Waals surface area (Å²) in [5.41, 5.74) is 0.168. The number of fused-ring (bicyclic) bond motifs is 1. The number of aromatic nitrogens is 4. The molecule has 0 saturated carbocycles. The van der Waals surface area contributed by atoms with Crippen LogP contribution in [0.3, 0.4) is 0 Å². The van der Waals surface area contributed by atoms with Gasteiger partial charge in [0.25, 0.3) is 5.56 Å². The van der Waals surface area contributed by atoms with Crippen LogP contribution in [0.4, 0.5) is 0 Å². The van der Waals surface area contributed by atoms with Crippen molar-refractivity contribution in [3.63, 3.8) is 0 Å². The Morgan fingerprint density at radius 1 is 1.15 bits per heavy atom. The van der Waals surface area contributed by atoms with Gasteiger partial charge in [0.1, 0.15) is 5.82 Å². The first-order chi connectivity index (χ1) is 12.8. The van der Waals surface area contributed by atoms with E-state index in [0.717, 1.165) is 23.5 Å². The Bertz CT molecular complexity index is 918. The molecule has 0 spiro atoms. The second-order valence-corrected chi connectivity index (χ2v) is 7.21. The van der Waals surface area contributed by atoms with Crippen molar-refractivity contribution in [2.45, 2.75) is 46.1 Å². The molecule has 9 heteroatoms. The number of morpholine rings is 1. The fourth-order valence-corrected chi connectivity index (χ4v) is 3.77. The first kappa shape index (κ1) is 19.8. The third-order valence-electron chi connectivity index (χ3n) is 4.95. The molecule has 3 heterocycles. The maximum absolute atomic E-state index is 12.8. The molecule has 0 N–H and O–H groups in total. The lowest BCUT2D eigenvalue weighted by Gasteiger charge is -2.35. The molecular formula is C18H29N5O4. The van der Waals surface area contributed by atoms with Gasteiger partial charge in [-0.05, 0) is 20.8 Å². The number of nitrogens with zero attached hydrogens (tertiary/aromatic N) is 5. The summed E-state index contributed by atoms with van der Waals surface area (Å²) < 4.78 is 15.8. The molecule has 1 aliphatic heterocycles. The molecule has 0 bridgehead atoms. The smallest absolute Gasteiger partial charge is 0.332 e. The number of ether oxygens (including phenoxy) is 2. The van der Waals surface area contributed by atoms with E-state index in [1.54, 1.807) is 7.05 Å². The molecule has 9 nitrogen and oxygen atoms in total. The summed E-state index contributed by atoms with van der Waals surface area (Å²) in [5, 5.41) is 0. The molecule has 0 radical (unpaired) electrons. The Kier molecular flexibility index (Phi) is 5.83. The van der Waals surface area contributed by atoms with Crippen LogP contribution in [-0.2, 0) is 36.7 Å². The predicted octanol–water partition coefficient (Wildman–Crippen LogP) is 0.0794. The molecule has 1 saturated heterocycles. The van der Waals surface area contributed by atoms with Gasteiger partial charge in [0.15, 0.2) is 11.2 Å². The number of imidazole rings is 1. The van der Waals surface area contributed by atoms with E-state index in [0.29, 0.717) is 37.5 Å². The average Bonchev–Trinajstić information content (AvgIpc) is 2.96. The maximum atomic E-state index is 12.8. The second kappa shape index (κ2) is 7.95. The number of hydrogen-bond acceptors (Lipinski definition) is 6.